The number of aromatic carboxylic acids is 1. The molecule has 0 fully saturated rings. The van der Waals surface area contributed by atoms with Crippen molar-refractivity contribution >= 4 is 39.2 Å². The summed E-state index contributed by atoms with van der Waals surface area (Å²) in [5, 5.41) is 8.81. The Hall–Kier alpha value is -0.820. The van der Waals surface area contributed by atoms with Crippen molar-refractivity contribution in [3.05, 3.63) is 27.7 Å². The predicted octanol–water partition coefficient (Wildman–Crippen LogP) is 3.11. The summed E-state index contributed by atoms with van der Waals surface area (Å²) in [6.45, 7) is 5.40. The molecule has 20 heavy (non-hydrogen) atoms. The van der Waals surface area contributed by atoms with Crippen LogP contribution in [-0.2, 0) is 10.0 Å². The highest BCUT2D eigenvalue weighted by atomic mass is 35.5. The molecule has 0 aromatic heterocycles. The van der Waals surface area contributed by atoms with Gasteiger partial charge in [0.15, 0.2) is 0 Å². The van der Waals surface area contributed by atoms with Crippen LogP contribution in [0.3, 0.4) is 0 Å². The Morgan fingerprint density at radius 3 is 2.25 bits per heavy atom. The molecule has 0 atom stereocenters. The van der Waals surface area contributed by atoms with Crippen molar-refractivity contribution in [3.8, 4) is 0 Å². The SMILES string of the molecule is CCN(C(C)C)S(=O)(=O)c1cc(C(=O)O)c(Cl)cc1Cl. The van der Waals surface area contributed by atoms with Gasteiger partial charge in [0.1, 0.15) is 4.90 Å². The summed E-state index contributed by atoms with van der Waals surface area (Å²) in [7, 11) is -3.87. The molecular formula is C12H15Cl2NO4S. The van der Waals surface area contributed by atoms with Crippen molar-refractivity contribution in [3.63, 3.8) is 0 Å². The van der Waals surface area contributed by atoms with Crippen molar-refractivity contribution in [2.75, 3.05) is 6.54 Å². The Morgan fingerprint density at radius 1 is 1.30 bits per heavy atom. The maximum absolute atomic E-state index is 12.5. The molecule has 0 heterocycles. The van der Waals surface area contributed by atoms with Gasteiger partial charge in [-0.25, -0.2) is 13.2 Å². The minimum absolute atomic E-state index is 0.0981. The van der Waals surface area contributed by atoms with Gasteiger partial charge < -0.3 is 5.11 Å². The predicted molar refractivity (Wildman–Crippen MR) is 78.1 cm³/mol. The summed E-state index contributed by atoms with van der Waals surface area (Å²) in [4.78, 5) is 10.8. The molecular weight excluding hydrogens is 325 g/mol. The zero-order chi connectivity index (χ0) is 15.7. The zero-order valence-corrected chi connectivity index (χ0v) is 13.6. The van der Waals surface area contributed by atoms with E-state index in [9.17, 15) is 13.2 Å². The Labute approximate surface area is 128 Å². The molecule has 0 unspecified atom stereocenters. The number of nitrogens with zero attached hydrogens (tertiary/aromatic N) is 1. The van der Waals surface area contributed by atoms with Gasteiger partial charge in [0, 0.05) is 12.6 Å². The third-order valence-electron chi connectivity index (χ3n) is 2.73. The fourth-order valence-electron chi connectivity index (χ4n) is 1.83. The lowest BCUT2D eigenvalue weighted by Gasteiger charge is -2.25. The van der Waals surface area contributed by atoms with Gasteiger partial charge in [-0.3, -0.25) is 0 Å². The van der Waals surface area contributed by atoms with Gasteiger partial charge in [-0.2, -0.15) is 4.31 Å². The van der Waals surface area contributed by atoms with Gasteiger partial charge in [-0.1, -0.05) is 30.1 Å². The van der Waals surface area contributed by atoms with Gasteiger partial charge in [0.05, 0.1) is 15.6 Å². The third kappa shape index (κ3) is 3.25. The van der Waals surface area contributed by atoms with Crippen LogP contribution < -0.4 is 0 Å². The Morgan fingerprint density at radius 2 is 1.85 bits per heavy atom. The fourth-order valence-corrected chi connectivity index (χ4v) is 4.31. The van der Waals surface area contributed by atoms with Crippen LogP contribution in [0, 0.1) is 0 Å². The molecule has 0 saturated heterocycles. The molecule has 1 N–H and O–H groups in total. The average molecular weight is 340 g/mol. The third-order valence-corrected chi connectivity index (χ3v) is 5.65. The Bertz CT molecular complexity index is 629. The van der Waals surface area contributed by atoms with Crippen molar-refractivity contribution < 1.29 is 18.3 Å². The van der Waals surface area contributed by atoms with Crippen LogP contribution in [0.15, 0.2) is 17.0 Å². The van der Waals surface area contributed by atoms with Crippen LogP contribution in [0.2, 0.25) is 10.0 Å². The highest BCUT2D eigenvalue weighted by molar-refractivity contribution is 7.89. The van der Waals surface area contributed by atoms with Crippen LogP contribution in [0.25, 0.3) is 0 Å². The minimum atomic E-state index is -3.87. The van der Waals surface area contributed by atoms with E-state index in [0.29, 0.717) is 0 Å². The zero-order valence-electron chi connectivity index (χ0n) is 11.2. The molecule has 0 bridgehead atoms. The quantitative estimate of drug-likeness (QED) is 0.894. The van der Waals surface area contributed by atoms with Crippen LogP contribution in [0.5, 0.6) is 0 Å². The van der Waals surface area contributed by atoms with E-state index in [0.717, 1.165) is 12.1 Å². The molecule has 0 saturated carbocycles. The smallest absolute Gasteiger partial charge is 0.337 e. The van der Waals surface area contributed by atoms with Crippen molar-refractivity contribution in [2.45, 2.75) is 31.7 Å². The van der Waals surface area contributed by atoms with Gasteiger partial charge in [-0.15, -0.1) is 0 Å². The summed E-state index contributed by atoms with van der Waals surface area (Å²) >= 11 is 11.7. The number of carboxylic acid groups (broad SMARTS) is 1. The van der Waals surface area contributed by atoms with Gasteiger partial charge >= 0.3 is 5.97 Å². The summed E-state index contributed by atoms with van der Waals surface area (Å²) in [5.41, 5.74) is -0.297. The molecule has 1 aromatic rings. The topological polar surface area (TPSA) is 74.7 Å². The molecule has 0 aliphatic carbocycles. The lowest BCUT2D eigenvalue weighted by Crippen LogP contribution is -2.36. The summed E-state index contributed by atoms with van der Waals surface area (Å²) in [5.74, 6) is -1.31. The van der Waals surface area contributed by atoms with Crippen LogP contribution in [-0.4, -0.2) is 36.4 Å². The molecule has 1 rings (SSSR count). The van der Waals surface area contributed by atoms with Gasteiger partial charge in [-0.05, 0) is 26.0 Å². The molecule has 1 aromatic carbocycles. The average Bonchev–Trinajstić information content (AvgIpc) is 2.27. The highest BCUT2D eigenvalue weighted by Crippen LogP contribution is 2.31. The molecule has 8 heteroatoms. The first-order chi connectivity index (χ1) is 9.12. The fraction of sp³-hybridized carbons (Fsp3) is 0.417. The molecule has 0 aliphatic rings. The second-order valence-electron chi connectivity index (χ2n) is 4.37. The van der Waals surface area contributed by atoms with E-state index < -0.39 is 16.0 Å². The summed E-state index contributed by atoms with van der Waals surface area (Å²) < 4.78 is 26.3. The molecule has 112 valence electrons. The van der Waals surface area contributed by atoms with Gasteiger partial charge in [0.25, 0.3) is 0 Å². The maximum Gasteiger partial charge on any atom is 0.337 e. The van der Waals surface area contributed by atoms with Crippen LogP contribution >= 0.6 is 23.2 Å². The first-order valence-corrected chi connectivity index (χ1v) is 8.06. The van der Waals surface area contributed by atoms with Crippen molar-refractivity contribution in [1.29, 1.82) is 0 Å². The number of rotatable bonds is 5. The largest absolute Gasteiger partial charge is 0.478 e. The minimum Gasteiger partial charge on any atom is -0.478 e. The van der Waals surface area contributed by atoms with E-state index in [2.05, 4.69) is 0 Å². The maximum atomic E-state index is 12.5. The van der Waals surface area contributed by atoms with E-state index in [-0.39, 0.29) is 33.1 Å². The van der Waals surface area contributed by atoms with Crippen LogP contribution in [0.1, 0.15) is 31.1 Å². The number of carbonyl (C=O) groups is 1. The van der Waals surface area contributed by atoms with E-state index >= 15 is 0 Å². The first kappa shape index (κ1) is 17.2. The normalized spacial score (nSPS) is 12.2. The van der Waals surface area contributed by atoms with Crippen molar-refractivity contribution in [2.24, 2.45) is 0 Å². The number of hydrogen-bond donors (Lipinski definition) is 1. The lowest BCUT2D eigenvalue weighted by atomic mass is 10.2. The van der Waals surface area contributed by atoms with Crippen LogP contribution in [0.4, 0.5) is 0 Å². The molecule has 0 aliphatic heterocycles. The summed E-state index contributed by atoms with van der Waals surface area (Å²) in [6, 6.07) is 1.85. The monoisotopic (exact) mass is 339 g/mol. The molecule has 0 amide bonds. The number of benzene rings is 1. The summed E-state index contributed by atoms with van der Waals surface area (Å²) in [6.07, 6.45) is 0. The Kier molecular flexibility index (Phi) is 5.43. The number of hydrogen-bond acceptors (Lipinski definition) is 3. The second kappa shape index (κ2) is 6.30. The Balaban J connectivity index is 3.53. The number of sulfonamides is 1. The standard InChI is InChI=1S/C12H15Cl2NO4S/c1-4-15(7(2)3)20(18,19)11-5-8(12(16)17)9(13)6-10(11)14/h5-7H,4H2,1-3H3,(H,16,17). The first-order valence-electron chi connectivity index (χ1n) is 5.87. The highest BCUT2D eigenvalue weighted by Gasteiger charge is 2.29. The second-order valence-corrected chi connectivity index (χ2v) is 7.04. The van der Waals surface area contributed by atoms with Gasteiger partial charge in [0.2, 0.25) is 10.0 Å². The molecule has 5 nitrogen and oxygen atoms in total. The number of halogens is 2. The van der Waals surface area contributed by atoms with E-state index in [1.807, 2.05) is 0 Å². The van der Waals surface area contributed by atoms with Crippen molar-refractivity contribution in [1.82, 2.24) is 4.31 Å². The number of carboxylic acids is 1. The van der Waals surface area contributed by atoms with E-state index in [1.54, 1.807) is 20.8 Å². The van der Waals surface area contributed by atoms with E-state index in [1.165, 1.54) is 4.31 Å². The lowest BCUT2D eigenvalue weighted by molar-refractivity contribution is 0.0697. The molecule has 0 spiro atoms. The van der Waals surface area contributed by atoms with E-state index in [4.69, 9.17) is 28.3 Å². The molecule has 0 radical (unpaired) electrons.